The molecule has 0 spiro atoms. The summed E-state index contributed by atoms with van der Waals surface area (Å²) in [4.78, 5) is 22.2. The van der Waals surface area contributed by atoms with Crippen molar-refractivity contribution in [3.05, 3.63) is 58.6 Å². The number of imidazole rings is 1. The third-order valence-corrected chi connectivity index (χ3v) is 4.65. The lowest BCUT2D eigenvalue weighted by Crippen LogP contribution is -2.37. The Morgan fingerprint density at radius 2 is 1.87 bits per heavy atom. The number of benzene rings is 1. The maximum absolute atomic E-state index is 12.3. The molecule has 5 heteroatoms. The summed E-state index contributed by atoms with van der Waals surface area (Å²) < 4.78 is 1.93. The fourth-order valence-electron chi connectivity index (χ4n) is 3.49. The summed E-state index contributed by atoms with van der Waals surface area (Å²) in [5, 5.41) is 0. The number of aryl methyl sites for hydroxylation is 1. The number of fused-ring (bicyclic) bond motifs is 1. The molecule has 0 radical (unpaired) electrons. The number of hydrogen-bond acceptors (Lipinski definition) is 3. The van der Waals surface area contributed by atoms with Crippen LogP contribution >= 0.6 is 0 Å². The van der Waals surface area contributed by atoms with Crippen LogP contribution in [0.15, 0.2) is 47.3 Å². The molecule has 23 heavy (non-hydrogen) atoms. The minimum Gasteiger partial charge on any atom is -0.356 e. The Morgan fingerprint density at radius 3 is 2.65 bits per heavy atom. The van der Waals surface area contributed by atoms with E-state index in [1.165, 1.54) is 0 Å². The number of aromatic amines is 1. The molecule has 1 aliphatic heterocycles. The molecule has 5 nitrogen and oxygen atoms in total. The first-order valence-electron chi connectivity index (χ1n) is 8.10. The van der Waals surface area contributed by atoms with Gasteiger partial charge in [-0.25, -0.2) is 9.78 Å². The molecule has 3 aromatic rings. The van der Waals surface area contributed by atoms with Gasteiger partial charge in [0.05, 0.1) is 11.0 Å². The summed E-state index contributed by atoms with van der Waals surface area (Å²) in [6.07, 6.45) is 1.91. The largest absolute Gasteiger partial charge is 0.356 e. The van der Waals surface area contributed by atoms with E-state index in [2.05, 4.69) is 20.9 Å². The molecule has 1 fully saturated rings. The lowest BCUT2D eigenvalue weighted by molar-refractivity contribution is 0.395. The Bertz CT molecular complexity index is 887. The number of hydrogen-bond donors (Lipinski definition) is 1. The lowest BCUT2D eigenvalue weighted by atomic mass is 10.0. The fourth-order valence-corrected chi connectivity index (χ4v) is 3.49. The van der Waals surface area contributed by atoms with Crippen LogP contribution < -0.4 is 10.6 Å². The van der Waals surface area contributed by atoms with E-state index in [1.54, 1.807) is 0 Å². The van der Waals surface area contributed by atoms with Gasteiger partial charge in [0, 0.05) is 24.8 Å². The van der Waals surface area contributed by atoms with E-state index in [4.69, 9.17) is 0 Å². The highest BCUT2D eigenvalue weighted by Crippen LogP contribution is 2.27. The predicted octanol–water partition coefficient (Wildman–Crippen LogP) is 2.87. The highest BCUT2D eigenvalue weighted by atomic mass is 16.1. The van der Waals surface area contributed by atoms with Crippen molar-refractivity contribution < 1.29 is 0 Å². The SMILES string of the molecule is Cc1cccc(N2CCC(n3c(=O)[nH]c4ccccc43)CC2)n1. The molecule has 118 valence electrons. The van der Waals surface area contributed by atoms with Crippen LogP contribution in [0.25, 0.3) is 11.0 Å². The van der Waals surface area contributed by atoms with Gasteiger partial charge in [0.25, 0.3) is 0 Å². The number of piperidine rings is 1. The third-order valence-electron chi connectivity index (χ3n) is 4.65. The van der Waals surface area contributed by atoms with E-state index in [0.717, 1.165) is 48.5 Å². The quantitative estimate of drug-likeness (QED) is 0.792. The molecule has 0 bridgehead atoms. The molecule has 1 N–H and O–H groups in total. The minimum atomic E-state index is -0.00155. The monoisotopic (exact) mass is 308 g/mol. The second-order valence-corrected chi connectivity index (χ2v) is 6.17. The molecule has 2 aromatic heterocycles. The van der Waals surface area contributed by atoms with Gasteiger partial charge in [0.2, 0.25) is 0 Å². The van der Waals surface area contributed by atoms with Crippen LogP contribution in [0.5, 0.6) is 0 Å². The second kappa shape index (κ2) is 5.57. The molecule has 4 rings (SSSR count). The van der Waals surface area contributed by atoms with Gasteiger partial charge in [0.15, 0.2) is 0 Å². The van der Waals surface area contributed by atoms with E-state index < -0.39 is 0 Å². The number of nitrogens with one attached hydrogen (secondary N) is 1. The van der Waals surface area contributed by atoms with Crippen LogP contribution in [0.1, 0.15) is 24.6 Å². The number of aromatic nitrogens is 3. The summed E-state index contributed by atoms with van der Waals surface area (Å²) in [7, 11) is 0. The molecule has 0 saturated carbocycles. The van der Waals surface area contributed by atoms with Gasteiger partial charge in [-0.3, -0.25) is 4.57 Å². The Kier molecular flexibility index (Phi) is 3.41. The van der Waals surface area contributed by atoms with Crippen LogP contribution in [-0.2, 0) is 0 Å². The topological polar surface area (TPSA) is 53.9 Å². The summed E-state index contributed by atoms with van der Waals surface area (Å²) in [5.74, 6) is 1.04. The normalized spacial score (nSPS) is 16.1. The number of anilines is 1. The molecule has 0 atom stereocenters. The lowest BCUT2D eigenvalue weighted by Gasteiger charge is -2.33. The van der Waals surface area contributed by atoms with Crippen molar-refractivity contribution >= 4 is 16.9 Å². The van der Waals surface area contributed by atoms with Gasteiger partial charge in [-0.2, -0.15) is 0 Å². The van der Waals surface area contributed by atoms with Crippen molar-refractivity contribution in [1.29, 1.82) is 0 Å². The Hall–Kier alpha value is -2.56. The smallest absolute Gasteiger partial charge is 0.326 e. The van der Waals surface area contributed by atoms with Crippen molar-refractivity contribution in [2.24, 2.45) is 0 Å². The first kappa shape index (κ1) is 14.1. The molecule has 1 saturated heterocycles. The van der Waals surface area contributed by atoms with E-state index in [9.17, 15) is 4.79 Å². The van der Waals surface area contributed by atoms with E-state index >= 15 is 0 Å². The molecular formula is C18H20N4O. The van der Waals surface area contributed by atoms with Crippen molar-refractivity contribution in [2.75, 3.05) is 18.0 Å². The summed E-state index contributed by atoms with van der Waals surface area (Å²) in [6, 6.07) is 14.3. The standard InChI is InChI=1S/C18H20N4O/c1-13-5-4-8-17(19-13)21-11-9-14(10-12-21)22-16-7-3-2-6-15(16)20-18(22)23/h2-8,14H,9-12H2,1H3,(H,20,23). The molecule has 3 heterocycles. The van der Waals surface area contributed by atoms with Crippen molar-refractivity contribution in [1.82, 2.24) is 14.5 Å². The summed E-state index contributed by atoms with van der Waals surface area (Å²) in [6.45, 7) is 3.86. The Labute approximate surface area is 134 Å². The minimum absolute atomic E-state index is 0.00155. The van der Waals surface area contributed by atoms with Crippen molar-refractivity contribution in [3.8, 4) is 0 Å². The Balaban J connectivity index is 1.57. The number of rotatable bonds is 2. The molecule has 0 unspecified atom stereocenters. The summed E-state index contributed by atoms with van der Waals surface area (Å²) >= 11 is 0. The van der Waals surface area contributed by atoms with Gasteiger partial charge >= 0.3 is 5.69 Å². The predicted molar refractivity (Wildman–Crippen MR) is 92.0 cm³/mol. The van der Waals surface area contributed by atoms with Crippen molar-refractivity contribution in [3.63, 3.8) is 0 Å². The maximum Gasteiger partial charge on any atom is 0.326 e. The van der Waals surface area contributed by atoms with Crippen molar-refractivity contribution in [2.45, 2.75) is 25.8 Å². The third kappa shape index (κ3) is 2.52. The van der Waals surface area contributed by atoms with E-state index in [-0.39, 0.29) is 11.7 Å². The molecule has 0 aliphatic carbocycles. The fraction of sp³-hybridized carbons (Fsp3) is 0.333. The zero-order chi connectivity index (χ0) is 15.8. The molecule has 0 amide bonds. The highest BCUT2D eigenvalue weighted by molar-refractivity contribution is 5.75. The van der Waals surface area contributed by atoms with Gasteiger partial charge in [0.1, 0.15) is 5.82 Å². The van der Waals surface area contributed by atoms with Gasteiger partial charge < -0.3 is 9.88 Å². The Morgan fingerprint density at radius 1 is 1.09 bits per heavy atom. The van der Waals surface area contributed by atoms with Crippen LogP contribution in [0.4, 0.5) is 5.82 Å². The molecule has 1 aliphatic rings. The van der Waals surface area contributed by atoms with E-state index in [0.29, 0.717) is 0 Å². The summed E-state index contributed by atoms with van der Waals surface area (Å²) in [5.41, 5.74) is 2.96. The number of para-hydroxylation sites is 2. The average Bonchev–Trinajstić information content (AvgIpc) is 2.91. The second-order valence-electron chi connectivity index (χ2n) is 6.17. The first-order chi connectivity index (χ1) is 11.2. The van der Waals surface area contributed by atoms with Gasteiger partial charge in [-0.05, 0) is 44.0 Å². The molecule has 1 aromatic carbocycles. The van der Waals surface area contributed by atoms with Crippen LogP contribution in [0.2, 0.25) is 0 Å². The van der Waals surface area contributed by atoms with Crippen LogP contribution in [0.3, 0.4) is 0 Å². The zero-order valence-electron chi connectivity index (χ0n) is 13.2. The zero-order valence-corrected chi connectivity index (χ0v) is 13.2. The van der Waals surface area contributed by atoms with Crippen LogP contribution in [-0.4, -0.2) is 27.6 Å². The average molecular weight is 308 g/mol. The highest BCUT2D eigenvalue weighted by Gasteiger charge is 2.24. The van der Waals surface area contributed by atoms with Gasteiger partial charge in [-0.1, -0.05) is 18.2 Å². The maximum atomic E-state index is 12.3. The molecular weight excluding hydrogens is 288 g/mol. The number of pyridine rings is 1. The number of H-pyrrole nitrogens is 1. The van der Waals surface area contributed by atoms with E-state index in [1.807, 2.05) is 47.9 Å². The first-order valence-corrected chi connectivity index (χ1v) is 8.10. The van der Waals surface area contributed by atoms with Crippen LogP contribution in [0, 0.1) is 6.92 Å². The van der Waals surface area contributed by atoms with Gasteiger partial charge in [-0.15, -0.1) is 0 Å². The number of nitrogens with zero attached hydrogens (tertiary/aromatic N) is 3.